The number of carbonyl (C=O) groups excluding carboxylic acids is 2. The molecule has 1 aromatic carbocycles. The molecule has 1 aromatic heterocycles. The molecule has 0 saturated heterocycles. The fourth-order valence-corrected chi connectivity index (χ4v) is 2.07. The molecule has 0 aliphatic heterocycles. The standard InChI is InChI=1S/C18H22N4O3/c1-5-25-17(24)12-8-6-7-9-13(12)21-15-10-14(19-11-20-15)16(23)22-18(2,3)4/h6-11H,5H2,1-4H3,(H,22,23)(H,19,20,21). The molecule has 0 saturated carbocycles. The zero-order valence-electron chi connectivity index (χ0n) is 14.8. The molecule has 7 heteroatoms. The molecule has 1 heterocycles. The highest BCUT2D eigenvalue weighted by Crippen LogP contribution is 2.20. The minimum atomic E-state index is -0.426. The number of benzene rings is 1. The van der Waals surface area contributed by atoms with Gasteiger partial charge in [0.2, 0.25) is 0 Å². The summed E-state index contributed by atoms with van der Waals surface area (Å²) in [5.74, 6) is -0.312. The molecule has 0 spiro atoms. The van der Waals surface area contributed by atoms with Crippen molar-refractivity contribution >= 4 is 23.4 Å². The maximum atomic E-state index is 12.2. The molecule has 0 fully saturated rings. The number of aromatic nitrogens is 2. The van der Waals surface area contributed by atoms with Crippen molar-refractivity contribution in [3.63, 3.8) is 0 Å². The number of para-hydroxylation sites is 1. The Morgan fingerprint density at radius 2 is 1.88 bits per heavy atom. The fraction of sp³-hybridized carbons (Fsp3) is 0.333. The largest absolute Gasteiger partial charge is 0.462 e. The smallest absolute Gasteiger partial charge is 0.340 e. The zero-order valence-corrected chi connectivity index (χ0v) is 14.8. The topological polar surface area (TPSA) is 93.2 Å². The zero-order chi connectivity index (χ0) is 18.4. The van der Waals surface area contributed by atoms with Gasteiger partial charge in [-0.1, -0.05) is 12.1 Å². The lowest BCUT2D eigenvalue weighted by molar-refractivity contribution is 0.0527. The Bertz CT molecular complexity index is 769. The molecule has 0 aliphatic rings. The van der Waals surface area contributed by atoms with E-state index in [0.29, 0.717) is 17.1 Å². The van der Waals surface area contributed by atoms with Crippen molar-refractivity contribution in [2.24, 2.45) is 0 Å². The van der Waals surface area contributed by atoms with Gasteiger partial charge < -0.3 is 15.4 Å². The van der Waals surface area contributed by atoms with Crippen LogP contribution in [0.1, 0.15) is 48.5 Å². The average Bonchev–Trinajstić information content (AvgIpc) is 2.54. The van der Waals surface area contributed by atoms with Crippen molar-refractivity contribution in [1.29, 1.82) is 0 Å². The number of carbonyl (C=O) groups is 2. The summed E-state index contributed by atoms with van der Waals surface area (Å²) in [4.78, 5) is 32.4. The SMILES string of the molecule is CCOC(=O)c1ccccc1Nc1cc(C(=O)NC(C)(C)C)ncn1. The second kappa shape index (κ2) is 7.74. The fourth-order valence-electron chi connectivity index (χ4n) is 2.07. The number of hydrogen-bond donors (Lipinski definition) is 2. The molecule has 1 amide bonds. The minimum Gasteiger partial charge on any atom is -0.462 e. The van der Waals surface area contributed by atoms with Crippen molar-refractivity contribution in [2.45, 2.75) is 33.2 Å². The highest BCUT2D eigenvalue weighted by Gasteiger charge is 2.17. The second-order valence-corrected chi connectivity index (χ2v) is 6.38. The average molecular weight is 342 g/mol. The molecule has 0 radical (unpaired) electrons. The van der Waals surface area contributed by atoms with Crippen LogP contribution in [0.3, 0.4) is 0 Å². The Labute approximate surface area is 146 Å². The number of ether oxygens (including phenoxy) is 1. The summed E-state index contributed by atoms with van der Waals surface area (Å²) in [5.41, 5.74) is 0.804. The first kappa shape index (κ1) is 18.4. The highest BCUT2D eigenvalue weighted by atomic mass is 16.5. The molecule has 25 heavy (non-hydrogen) atoms. The maximum absolute atomic E-state index is 12.2. The van der Waals surface area contributed by atoms with Crippen LogP contribution >= 0.6 is 0 Å². The van der Waals surface area contributed by atoms with Crippen LogP contribution in [-0.4, -0.2) is 34.0 Å². The summed E-state index contributed by atoms with van der Waals surface area (Å²) < 4.78 is 5.05. The number of rotatable bonds is 5. The first-order chi connectivity index (χ1) is 11.8. The van der Waals surface area contributed by atoms with Crippen molar-refractivity contribution in [2.75, 3.05) is 11.9 Å². The van der Waals surface area contributed by atoms with Gasteiger partial charge in [0.25, 0.3) is 5.91 Å². The summed E-state index contributed by atoms with van der Waals surface area (Å²) in [6.45, 7) is 7.71. The third-order valence-electron chi connectivity index (χ3n) is 3.07. The first-order valence-corrected chi connectivity index (χ1v) is 7.98. The van der Waals surface area contributed by atoms with Crippen LogP contribution in [0.25, 0.3) is 0 Å². The van der Waals surface area contributed by atoms with Crippen LogP contribution < -0.4 is 10.6 Å². The summed E-state index contributed by atoms with van der Waals surface area (Å²) >= 11 is 0. The van der Waals surface area contributed by atoms with Gasteiger partial charge in [-0.15, -0.1) is 0 Å². The minimum absolute atomic E-state index is 0.237. The van der Waals surface area contributed by atoms with Crippen LogP contribution in [-0.2, 0) is 4.74 Å². The molecule has 7 nitrogen and oxygen atoms in total. The third-order valence-corrected chi connectivity index (χ3v) is 3.07. The van der Waals surface area contributed by atoms with Gasteiger partial charge in [-0.2, -0.15) is 0 Å². The van der Waals surface area contributed by atoms with Crippen LogP contribution in [0.4, 0.5) is 11.5 Å². The molecule has 2 aromatic rings. The van der Waals surface area contributed by atoms with E-state index >= 15 is 0 Å². The summed E-state index contributed by atoms with van der Waals surface area (Å²) in [5, 5.41) is 5.88. The van der Waals surface area contributed by atoms with E-state index in [1.807, 2.05) is 20.8 Å². The molecule has 0 bridgehead atoms. The Morgan fingerprint density at radius 3 is 2.56 bits per heavy atom. The number of esters is 1. The predicted molar refractivity (Wildman–Crippen MR) is 94.9 cm³/mol. The predicted octanol–water partition coefficient (Wildman–Crippen LogP) is 2.93. The van der Waals surface area contributed by atoms with Crippen LogP contribution in [0.5, 0.6) is 0 Å². The number of amides is 1. The highest BCUT2D eigenvalue weighted by molar-refractivity contribution is 5.97. The van der Waals surface area contributed by atoms with Crippen molar-refractivity contribution < 1.29 is 14.3 Å². The Morgan fingerprint density at radius 1 is 1.16 bits per heavy atom. The number of nitrogens with one attached hydrogen (secondary N) is 2. The van der Waals surface area contributed by atoms with E-state index in [0.717, 1.165) is 0 Å². The van der Waals surface area contributed by atoms with E-state index in [9.17, 15) is 9.59 Å². The van der Waals surface area contributed by atoms with Gasteiger partial charge in [-0.25, -0.2) is 14.8 Å². The van der Waals surface area contributed by atoms with Crippen molar-refractivity contribution in [3.8, 4) is 0 Å². The van der Waals surface area contributed by atoms with Gasteiger partial charge in [-0.3, -0.25) is 4.79 Å². The number of nitrogens with zero attached hydrogens (tertiary/aromatic N) is 2. The second-order valence-electron chi connectivity index (χ2n) is 6.38. The normalized spacial score (nSPS) is 10.9. The number of anilines is 2. The third kappa shape index (κ3) is 5.27. The van der Waals surface area contributed by atoms with Gasteiger partial charge >= 0.3 is 5.97 Å². The van der Waals surface area contributed by atoms with Gasteiger partial charge in [-0.05, 0) is 39.8 Å². The lowest BCUT2D eigenvalue weighted by atomic mass is 10.1. The van der Waals surface area contributed by atoms with Crippen LogP contribution in [0.2, 0.25) is 0 Å². The van der Waals surface area contributed by atoms with Gasteiger partial charge in [0.15, 0.2) is 0 Å². The molecular weight excluding hydrogens is 320 g/mol. The van der Waals surface area contributed by atoms with Crippen molar-refractivity contribution in [1.82, 2.24) is 15.3 Å². The van der Waals surface area contributed by atoms with E-state index < -0.39 is 5.97 Å². The van der Waals surface area contributed by atoms with Gasteiger partial charge in [0.1, 0.15) is 17.8 Å². The molecular formula is C18H22N4O3. The molecule has 0 atom stereocenters. The molecule has 0 aliphatic carbocycles. The quantitative estimate of drug-likeness (QED) is 0.812. The van der Waals surface area contributed by atoms with E-state index in [2.05, 4.69) is 20.6 Å². The lowest BCUT2D eigenvalue weighted by Crippen LogP contribution is -2.40. The Balaban J connectivity index is 2.23. The van der Waals surface area contributed by atoms with Crippen LogP contribution in [0, 0.1) is 0 Å². The van der Waals surface area contributed by atoms with E-state index in [1.165, 1.54) is 12.4 Å². The molecule has 0 unspecified atom stereocenters. The van der Waals surface area contributed by atoms with E-state index in [4.69, 9.17) is 4.74 Å². The Kier molecular flexibility index (Phi) is 5.69. The maximum Gasteiger partial charge on any atom is 0.340 e. The lowest BCUT2D eigenvalue weighted by Gasteiger charge is -2.20. The van der Waals surface area contributed by atoms with E-state index in [1.54, 1.807) is 31.2 Å². The summed E-state index contributed by atoms with van der Waals surface area (Å²) in [6.07, 6.45) is 1.30. The van der Waals surface area contributed by atoms with Gasteiger partial charge in [0, 0.05) is 11.6 Å². The molecule has 2 rings (SSSR count). The monoisotopic (exact) mass is 342 g/mol. The summed E-state index contributed by atoms with van der Waals surface area (Å²) in [6, 6.07) is 8.47. The summed E-state index contributed by atoms with van der Waals surface area (Å²) in [7, 11) is 0. The first-order valence-electron chi connectivity index (χ1n) is 7.98. The van der Waals surface area contributed by atoms with Gasteiger partial charge in [0.05, 0.1) is 17.9 Å². The number of hydrogen-bond acceptors (Lipinski definition) is 6. The Hall–Kier alpha value is -2.96. The van der Waals surface area contributed by atoms with E-state index in [-0.39, 0.29) is 23.7 Å². The molecule has 132 valence electrons. The van der Waals surface area contributed by atoms with Crippen LogP contribution in [0.15, 0.2) is 36.7 Å². The van der Waals surface area contributed by atoms with Crippen molar-refractivity contribution in [3.05, 3.63) is 47.9 Å². The molecule has 2 N–H and O–H groups in total.